The number of aliphatic hydroxyl groups is 1. The number of nitrogens with one attached hydrogen (secondary N) is 2. The van der Waals surface area contributed by atoms with E-state index in [4.69, 9.17) is 0 Å². The summed E-state index contributed by atoms with van der Waals surface area (Å²) in [7, 11) is 0. The quantitative estimate of drug-likeness (QED) is 0.766. The Bertz CT molecular complexity index is 858. The van der Waals surface area contributed by atoms with Crippen molar-refractivity contribution < 1.29 is 18.3 Å². The van der Waals surface area contributed by atoms with Gasteiger partial charge in [0, 0.05) is 6.54 Å². The van der Waals surface area contributed by atoms with Gasteiger partial charge >= 0.3 is 11.9 Å². The lowest BCUT2D eigenvalue weighted by Gasteiger charge is -2.28. The summed E-state index contributed by atoms with van der Waals surface area (Å²) in [6.07, 6.45) is -1.68. The van der Waals surface area contributed by atoms with Crippen molar-refractivity contribution in [1.82, 2.24) is 20.2 Å². The molecule has 140 valence electrons. The summed E-state index contributed by atoms with van der Waals surface area (Å²) in [4.78, 5) is 19.7. The van der Waals surface area contributed by atoms with Gasteiger partial charge in [-0.05, 0) is 48.8 Å². The lowest BCUT2D eigenvalue weighted by molar-refractivity contribution is -0.141. The minimum atomic E-state index is -4.61. The van der Waals surface area contributed by atoms with Crippen LogP contribution in [0, 0.1) is 11.8 Å². The molecule has 1 aliphatic heterocycles. The minimum absolute atomic E-state index is 0.140. The zero-order valence-corrected chi connectivity index (χ0v) is 13.8. The van der Waals surface area contributed by atoms with Gasteiger partial charge in [-0.3, -0.25) is 4.98 Å². The third kappa shape index (κ3) is 3.09. The number of aliphatic hydroxyl groups excluding tert-OH is 1. The van der Waals surface area contributed by atoms with Crippen molar-refractivity contribution >= 4 is 5.82 Å². The maximum absolute atomic E-state index is 13.2. The maximum Gasteiger partial charge on any atom is 0.433 e. The summed E-state index contributed by atoms with van der Waals surface area (Å²) in [5.74, 6) is 1.23. The minimum Gasteiger partial charge on any atom is -0.392 e. The molecule has 2 fully saturated rings. The Morgan fingerprint density at radius 3 is 2.62 bits per heavy atom. The van der Waals surface area contributed by atoms with Crippen LogP contribution in [0.5, 0.6) is 0 Å². The fourth-order valence-corrected chi connectivity index (χ4v) is 3.82. The van der Waals surface area contributed by atoms with Crippen LogP contribution in [0.1, 0.15) is 42.4 Å². The molecule has 1 saturated carbocycles. The van der Waals surface area contributed by atoms with Crippen LogP contribution in [0.3, 0.4) is 0 Å². The first-order valence-electron chi connectivity index (χ1n) is 8.47. The third-order valence-corrected chi connectivity index (χ3v) is 5.11. The van der Waals surface area contributed by atoms with E-state index in [1.807, 2.05) is 0 Å². The zero-order valence-electron chi connectivity index (χ0n) is 13.8. The standard InChI is InChI=1S/C16H18F3N5O2/c17-16(18,19)11-5-8(7-25)6-12(20-11)24-4-3-10(9-1-2-9)13(24)14-21-15(26)23-22-14/h5-6,9-10,13,25H,1-4,7H2,(H2,21,22,23,26). The summed E-state index contributed by atoms with van der Waals surface area (Å²) in [6.45, 7) is 0.00228. The summed E-state index contributed by atoms with van der Waals surface area (Å²) < 4.78 is 39.5. The van der Waals surface area contributed by atoms with E-state index in [-0.39, 0.29) is 23.3 Å². The topological polar surface area (TPSA) is 97.9 Å². The zero-order chi connectivity index (χ0) is 18.5. The highest BCUT2D eigenvalue weighted by molar-refractivity contribution is 5.46. The number of pyridine rings is 1. The number of H-pyrrole nitrogens is 2. The Morgan fingerprint density at radius 1 is 1.27 bits per heavy atom. The Morgan fingerprint density at radius 2 is 2.04 bits per heavy atom. The Hall–Kier alpha value is -2.36. The highest BCUT2D eigenvalue weighted by Crippen LogP contribution is 2.50. The van der Waals surface area contributed by atoms with Crippen molar-refractivity contribution in [3.63, 3.8) is 0 Å². The molecule has 0 amide bonds. The lowest BCUT2D eigenvalue weighted by Crippen LogP contribution is -2.29. The average Bonchev–Trinajstić information content (AvgIpc) is 3.20. The van der Waals surface area contributed by atoms with Crippen LogP contribution in [0.25, 0.3) is 0 Å². The Labute approximate surface area is 146 Å². The number of hydrogen-bond donors (Lipinski definition) is 3. The molecule has 4 rings (SSSR count). The highest BCUT2D eigenvalue weighted by atomic mass is 19.4. The molecule has 2 unspecified atom stereocenters. The van der Waals surface area contributed by atoms with Gasteiger partial charge in [-0.1, -0.05) is 0 Å². The van der Waals surface area contributed by atoms with E-state index in [0.29, 0.717) is 18.3 Å². The molecule has 0 spiro atoms. The SMILES string of the molecule is O=c1[nH]nc(C2C(C3CC3)CCN2c2cc(CO)cc(C(F)(F)F)n2)[nH]1. The Balaban J connectivity index is 1.76. The van der Waals surface area contributed by atoms with Crippen LogP contribution in [-0.2, 0) is 12.8 Å². The maximum atomic E-state index is 13.2. The second-order valence-corrected chi connectivity index (χ2v) is 6.87. The van der Waals surface area contributed by atoms with E-state index in [9.17, 15) is 23.1 Å². The van der Waals surface area contributed by atoms with E-state index >= 15 is 0 Å². The van der Waals surface area contributed by atoms with Gasteiger partial charge in [-0.2, -0.15) is 18.3 Å². The van der Waals surface area contributed by atoms with Gasteiger partial charge in [-0.25, -0.2) is 14.9 Å². The van der Waals surface area contributed by atoms with Gasteiger partial charge in [0.05, 0.1) is 12.6 Å². The smallest absolute Gasteiger partial charge is 0.392 e. The van der Waals surface area contributed by atoms with Crippen molar-refractivity contribution in [3.8, 4) is 0 Å². The molecule has 26 heavy (non-hydrogen) atoms. The molecule has 0 radical (unpaired) electrons. The van der Waals surface area contributed by atoms with Crippen LogP contribution in [0.2, 0.25) is 0 Å². The number of aromatic amines is 2. The predicted molar refractivity (Wildman–Crippen MR) is 85.3 cm³/mol. The first-order valence-corrected chi connectivity index (χ1v) is 8.47. The number of alkyl halides is 3. The average molecular weight is 369 g/mol. The van der Waals surface area contributed by atoms with Crippen molar-refractivity contribution in [3.05, 3.63) is 39.7 Å². The first kappa shape index (κ1) is 17.1. The van der Waals surface area contributed by atoms with Crippen molar-refractivity contribution in [1.29, 1.82) is 0 Å². The fraction of sp³-hybridized carbons (Fsp3) is 0.562. The van der Waals surface area contributed by atoms with Crippen molar-refractivity contribution in [2.24, 2.45) is 11.8 Å². The van der Waals surface area contributed by atoms with Crippen LogP contribution >= 0.6 is 0 Å². The molecule has 2 aliphatic rings. The molecule has 2 atom stereocenters. The number of hydrogen-bond acceptors (Lipinski definition) is 5. The van der Waals surface area contributed by atoms with Crippen LogP contribution in [0.4, 0.5) is 19.0 Å². The fourth-order valence-electron chi connectivity index (χ4n) is 3.82. The van der Waals surface area contributed by atoms with E-state index in [0.717, 1.165) is 25.3 Å². The molecule has 0 aromatic carbocycles. The molecule has 10 heteroatoms. The summed E-state index contributed by atoms with van der Waals surface area (Å²) in [5, 5.41) is 15.7. The molecular weight excluding hydrogens is 351 g/mol. The number of rotatable bonds is 4. The highest BCUT2D eigenvalue weighted by Gasteiger charge is 2.46. The second kappa shape index (κ2) is 6.11. The van der Waals surface area contributed by atoms with Crippen LogP contribution < -0.4 is 10.6 Å². The largest absolute Gasteiger partial charge is 0.433 e. The van der Waals surface area contributed by atoms with E-state index in [2.05, 4.69) is 20.2 Å². The number of halogens is 3. The van der Waals surface area contributed by atoms with Crippen LogP contribution in [-0.4, -0.2) is 31.8 Å². The summed E-state index contributed by atoms with van der Waals surface area (Å²) in [6, 6.07) is 1.97. The van der Waals surface area contributed by atoms with Gasteiger partial charge < -0.3 is 10.0 Å². The molecule has 1 aliphatic carbocycles. The van der Waals surface area contributed by atoms with Gasteiger partial charge in [0.1, 0.15) is 11.5 Å². The third-order valence-electron chi connectivity index (χ3n) is 5.11. The van der Waals surface area contributed by atoms with Crippen molar-refractivity contribution in [2.75, 3.05) is 11.4 Å². The summed E-state index contributed by atoms with van der Waals surface area (Å²) >= 11 is 0. The molecule has 2 aromatic rings. The molecule has 1 saturated heterocycles. The van der Waals surface area contributed by atoms with Gasteiger partial charge in [0.15, 0.2) is 5.82 Å². The second-order valence-electron chi connectivity index (χ2n) is 6.87. The molecule has 0 bridgehead atoms. The lowest BCUT2D eigenvalue weighted by atomic mass is 9.94. The van der Waals surface area contributed by atoms with Crippen molar-refractivity contribution in [2.45, 2.75) is 38.1 Å². The Kier molecular flexibility index (Phi) is 4.02. The normalized spacial score (nSPS) is 23.6. The molecular formula is C16H18F3N5O2. The molecule has 3 heterocycles. The molecule has 3 N–H and O–H groups in total. The van der Waals surface area contributed by atoms with E-state index in [1.165, 1.54) is 6.07 Å². The van der Waals surface area contributed by atoms with E-state index < -0.39 is 24.2 Å². The first-order chi connectivity index (χ1) is 12.4. The number of anilines is 1. The van der Waals surface area contributed by atoms with Gasteiger partial charge in [-0.15, -0.1) is 0 Å². The van der Waals surface area contributed by atoms with Crippen LogP contribution in [0.15, 0.2) is 16.9 Å². The number of aromatic nitrogens is 4. The summed E-state index contributed by atoms with van der Waals surface area (Å²) in [5.41, 5.74) is -1.34. The van der Waals surface area contributed by atoms with Gasteiger partial charge in [0.25, 0.3) is 0 Å². The van der Waals surface area contributed by atoms with Gasteiger partial charge in [0.2, 0.25) is 0 Å². The molecule has 2 aromatic heterocycles. The molecule has 7 nitrogen and oxygen atoms in total. The van der Waals surface area contributed by atoms with E-state index in [1.54, 1.807) is 4.90 Å². The monoisotopic (exact) mass is 369 g/mol. The predicted octanol–water partition coefficient (Wildman–Crippen LogP) is 1.98. The number of nitrogens with zero attached hydrogens (tertiary/aromatic N) is 3.